The van der Waals surface area contributed by atoms with Crippen molar-refractivity contribution in [3.8, 4) is 5.75 Å². The lowest BCUT2D eigenvalue weighted by atomic mass is 9.98. The monoisotopic (exact) mass is 343 g/mol. The highest BCUT2D eigenvalue weighted by atomic mass is 79.9. The van der Waals surface area contributed by atoms with Crippen LogP contribution in [0.2, 0.25) is 0 Å². The Kier molecular flexibility index (Phi) is 4.06. The van der Waals surface area contributed by atoms with E-state index in [0.29, 0.717) is 5.92 Å². The maximum absolute atomic E-state index is 6.39. The summed E-state index contributed by atoms with van der Waals surface area (Å²) in [4.78, 5) is 2.45. The van der Waals surface area contributed by atoms with Gasteiger partial charge in [-0.05, 0) is 36.6 Å². The van der Waals surface area contributed by atoms with Gasteiger partial charge in [0, 0.05) is 34.9 Å². The van der Waals surface area contributed by atoms with Gasteiger partial charge in [-0.1, -0.05) is 22.9 Å². The van der Waals surface area contributed by atoms with Crippen molar-refractivity contribution < 1.29 is 4.74 Å². The minimum Gasteiger partial charge on any atom is -0.493 e. The first kappa shape index (κ1) is 13.7. The zero-order chi connectivity index (χ0) is 13.4. The lowest BCUT2D eigenvalue weighted by molar-refractivity contribution is 0.187. The Labute approximate surface area is 128 Å². The van der Waals surface area contributed by atoms with Gasteiger partial charge in [0.15, 0.2) is 0 Å². The molecule has 2 unspecified atom stereocenters. The molecule has 0 spiro atoms. The second-order valence-corrected chi connectivity index (χ2v) is 7.14. The molecule has 19 heavy (non-hydrogen) atoms. The Hall–Kier alpha value is -0.250. The molecule has 1 saturated heterocycles. The minimum atomic E-state index is 0.273. The van der Waals surface area contributed by atoms with Crippen molar-refractivity contribution in [1.29, 1.82) is 0 Å². The zero-order valence-corrected chi connectivity index (χ0v) is 13.5. The van der Waals surface area contributed by atoms with Crippen LogP contribution in [0.5, 0.6) is 5.75 Å². The first-order chi connectivity index (χ1) is 9.13. The van der Waals surface area contributed by atoms with Crippen molar-refractivity contribution in [3.05, 3.63) is 27.7 Å². The molecule has 0 bridgehead atoms. The van der Waals surface area contributed by atoms with Gasteiger partial charge in [-0.3, -0.25) is 4.90 Å². The maximum atomic E-state index is 6.39. The summed E-state index contributed by atoms with van der Waals surface area (Å²) in [7, 11) is 0. The summed E-state index contributed by atoms with van der Waals surface area (Å²) in [5.41, 5.74) is 2.62. The molecular formula is C15H19BrClNO. The molecule has 0 radical (unpaired) electrons. The molecule has 3 rings (SSSR count). The van der Waals surface area contributed by atoms with Gasteiger partial charge in [0.1, 0.15) is 5.75 Å². The molecule has 104 valence electrons. The number of fused-ring (bicyclic) bond motifs is 1. The topological polar surface area (TPSA) is 12.5 Å². The van der Waals surface area contributed by atoms with Crippen LogP contribution in [-0.4, -0.2) is 30.0 Å². The quantitative estimate of drug-likeness (QED) is 0.756. The van der Waals surface area contributed by atoms with Crippen LogP contribution in [0.25, 0.3) is 0 Å². The number of alkyl halides is 1. The third kappa shape index (κ3) is 2.93. The smallest absolute Gasteiger partial charge is 0.127 e. The summed E-state index contributed by atoms with van der Waals surface area (Å²) in [6.45, 7) is 6.11. The molecule has 0 N–H and O–H groups in total. The molecule has 2 atom stereocenters. The van der Waals surface area contributed by atoms with E-state index >= 15 is 0 Å². The van der Waals surface area contributed by atoms with Crippen LogP contribution in [0.4, 0.5) is 0 Å². The number of hydrogen-bond donors (Lipinski definition) is 0. The molecule has 0 aromatic heterocycles. The Bertz CT molecular complexity index is 479. The van der Waals surface area contributed by atoms with Crippen molar-refractivity contribution >= 4 is 27.5 Å². The van der Waals surface area contributed by atoms with Crippen LogP contribution in [0, 0.1) is 5.92 Å². The Morgan fingerprint density at radius 2 is 2.32 bits per heavy atom. The molecular weight excluding hydrogens is 326 g/mol. The Morgan fingerprint density at radius 1 is 1.47 bits per heavy atom. The number of likely N-dealkylation sites (tertiary alicyclic amines) is 1. The normalized spacial score (nSPS) is 27.1. The maximum Gasteiger partial charge on any atom is 0.127 e. The fraction of sp³-hybridized carbons (Fsp3) is 0.600. The van der Waals surface area contributed by atoms with Crippen LogP contribution < -0.4 is 4.74 Å². The second kappa shape index (κ2) is 5.63. The molecule has 0 amide bonds. The average Bonchev–Trinajstić information content (AvgIpc) is 2.82. The first-order valence-electron chi connectivity index (χ1n) is 6.94. The summed E-state index contributed by atoms with van der Waals surface area (Å²) < 4.78 is 6.95. The van der Waals surface area contributed by atoms with Crippen LogP contribution in [-0.2, 0) is 13.0 Å². The van der Waals surface area contributed by atoms with Gasteiger partial charge in [0.05, 0.1) is 6.61 Å². The number of ether oxygens (including phenoxy) is 1. The number of halogens is 2. The summed E-state index contributed by atoms with van der Waals surface area (Å²) >= 11 is 10.00. The minimum absolute atomic E-state index is 0.273. The van der Waals surface area contributed by atoms with Crippen molar-refractivity contribution in [2.45, 2.75) is 31.7 Å². The van der Waals surface area contributed by atoms with E-state index in [1.165, 1.54) is 17.5 Å². The molecule has 2 nitrogen and oxygen atoms in total. The number of nitrogens with zero attached hydrogens (tertiary/aromatic N) is 1. The van der Waals surface area contributed by atoms with Gasteiger partial charge >= 0.3 is 0 Å². The standard InChI is InChI=1S/C15H19BrClNO/c1-10-2-4-18(9-14(10)17)8-12-7-13(16)6-11-3-5-19-15(11)12/h6-7,10,14H,2-5,8-9H2,1H3. The highest BCUT2D eigenvalue weighted by molar-refractivity contribution is 9.10. The number of piperidine rings is 1. The largest absolute Gasteiger partial charge is 0.493 e. The van der Waals surface area contributed by atoms with Gasteiger partial charge in [-0.2, -0.15) is 0 Å². The molecule has 4 heteroatoms. The van der Waals surface area contributed by atoms with E-state index in [0.717, 1.165) is 42.9 Å². The van der Waals surface area contributed by atoms with Crippen molar-refractivity contribution in [1.82, 2.24) is 4.90 Å². The summed E-state index contributed by atoms with van der Waals surface area (Å²) in [6, 6.07) is 4.36. The number of hydrogen-bond acceptors (Lipinski definition) is 2. The Balaban J connectivity index is 1.77. The predicted molar refractivity (Wildman–Crippen MR) is 82.0 cm³/mol. The molecule has 0 saturated carbocycles. The van der Waals surface area contributed by atoms with Crippen LogP contribution in [0.15, 0.2) is 16.6 Å². The van der Waals surface area contributed by atoms with Crippen LogP contribution in [0.3, 0.4) is 0 Å². The SMILES string of the molecule is CC1CCN(Cc2cc(Br)cc3c2OCC3)CC1Cl. The summed E-state index contributed by atoms with van der Waals surface area (Å²) in [5, 5.41) is 0.273. The molecule has 2 aliphatic rings. The van der Waals surface area contributed by atoms with Crippen molar-refractivity contribution in [2.75, 3.05) is 19.7 Å². The molecule has 2 aliphatic heterocycles. The van der Waals surface area contributed by atoms with Gasteiger partial charge in [-0.15, -0.1) is 11.6 Å². The molecule has 1 aromatic rings. The van der Waals surface area contributed by atoms with E-state index in [1.54, 1.807) is 0 Å². The number of benzene rings is 1. The molecule has 1 aromatic carbocycles. The third-order valence-electron chi connectivity index (χ3n) is 4.17. The number of rotatable bonds is 2. The lowest BCUT2D eigenvalue weighted by Gasteiger charge is -2.34. The van der Waals surface area contributed by atoms with E-state index in [-0.39, 0.29) is 5.38 Å². The Morgan fingerprint density at radius 3 is 3.11 bits per heavy atom. The third-order valence-corrected chi connectivity index (χ3v) is 5.20. The lowest BCUT2D eigenvalue weighted by Crippen LogP contribution is -2.39. The van der Waals surface area contributed by atoms with E-state index in [1.807, 2.05) is 0 Å². The van der Waals surface area contributed by atoms with Gasteiger partial charge in [-0.25, -0.2) is 0 Å². The van der Waals surface area contributed by atoms with E-state index in [2.05, 4.69) is 39.9 Å². The van der Waals surface area contributed by atoms with E-state index < -0.39 is 0 Å². The van der Waals surface area contributed by atoms with E-state index in [9.17, 15) is 0 Å². The summed E-state index contributed by atoms with van der Waals surface area (Å²) in [5.74, 6) is 1.73. The second-order valence-electron chi connectivity index (χ2n) is 5.67. The van der Waals surface area contributed by atoms with Crippen LogP contribution in [0.1, 0.15) is 24.5 Å². The zero-order valence-electron chi connectivity index (χ0n) is 11.2. The van der Waals surface area contributed by atoms with Gasteiger partial charge in [0.2, 0.25) is 0 Å². The predicted octanol–water partition coefficient (Wildman–Crippen LogP) is 3.83. The molecule has 0 aliphatic carbocycles. The van der Waals surface area contributed by atoms with Crippen molar-refractivity contribution in [3.63, 3.8) is 0 Å². The van der Waals surface area contributed by atoms with E-state index in [4.69, 9.17) is 16.3 Å². The van der Waals surface area contributed by atoms with Crippen molar-refractivity contribution in [2.24, 2.45) is 5.92 Å². The van der Waals surface area contributed by atoms with Crippen LogP contribution >= 0.6 is 27.5 Å². The highest BCUT2D eigenvalue weighted by Gasteiger charge is 2.26. The summed E-state index contributed by atoms with van der Waals surface area (Å²) in [6.07, 6.45) is 2.21. The average molecular weight is 345 g/mol. The highest BCUT2D eigenvalue weighted by Crippen LogP contribution is 2.34. The fourth-order valence-electron chi connectivity index (χ4n) is 2.93. The van der Waals surface area contributed by atoms with Gasteiger partial charge < -0.3 is 4.74 Å². The molecule has 2 heterocycles. The fourth-order valence-corrected chi connectivity index (χ4v) is 3.81. The molecule has 1 fully saturated rings. The first-order valence-corrected chi connectivity index (χ1v) is 8.17. The van der Waals surface area contributed by atoms with Gasteiger partial charge in [0.25, 0.3) is 0 Å².